The molecule has 1 atom stereocenters. The van der Waals surface area contributed by atoms with Crippen LogP contribution in [-0.4, -0.2) is 30.2 Å². The number of benzene rings is 1. The molecule has 0 saturated carbocycles. The first-order valence-electron chi connectivity index (χ1n) is 4.76. The van der Waals surface area contributed by atoms with Crippen LogP contribution in [0.3, 0.4) is 0 Å². The summed E-state index contributed by atoms with van der Waals surface area (Å²) in [5.41, 5.74) is 0. The molecule has 0 aliphatic rings. The van der Waals surface area contributed by atoms with Crippen LogP contribution in [-0.2, 0) is 4.74 Å². The SMILES string of the molecule is CCOCC(O)CSc1ccccc1. The third-order valence-electron chi connectivity index (χ3n) is 1.70. The van der Waals surface area contributed by atoms with Crippen molar-refractivity contribution < 1.29 is 9.84 Å². The summed E-state index contributed by atoms with van der Waals surface area (Å²) in [6.07, 6.45) is -0.375. The average Bonchev–Trinajstić information content (AvgIpc) is 2.25. The minimum absolute atomic E-state index is 0.375. The van der Waals surface area contributed by atoms with Gasteiger partial charge in [-0.15, -0.1) is 11.8 Å². The molecule has 1 aromatic carbocycles. The highest BCUT2D eigenvalue weighted by molar-refractivity contribution is 7.99. The van der Waals surface area contributed by atoms with Crippen LogP contribution in [0, 0.1) is 0 Å². The van der Waals surface area contributed by atoms with E-state index in [0.29, 0.717) is 19.0 Å². The van der Waals surface area contributed by atoms with Crippen LogP contribution in [0.4, 0.5) is 0 Å². The van der Waals surface area contributed by atoms with Gasteiger partial charge in [-0.05, 0) is 19.1 Å². The van der Waals surface area contributed by atoms with Crippen molar-refractivity contribution in [1.82, 2.24) is 0 Å². The Balaban J connectivity index is 2.20. The zero-order chi connectivity index (χ0) is 10.2. The molecule has 0 saturated heterocycles. The smallest absolute Gasteiger partial charge is 0.0867 e. The maximum atomic E-state index is 9.50. The van der Waals surface area contributed by atoms with Gasteiger partial charge in [0.1, 0.15) is 0 Å². The maximum Gasteiger partial charge on any atom is 0.0867 e. The molecule has 0 aromatic heterocycles. The molecule has 0 heterocycles. The highest BCUT2D eigenvalue weighted by Gasteiger charge is 2.04. The Bertz CT molecular complexity index is 238. The normalized spacial score (nSPS) is 12.7. The van der Waals surface area contributed by atoms with Crippen LogP contribution in [0.1, 0.15) is 6.92 Å². The molecule has 0 aliphatic carbocycles. The van der Waals surface area contributed by atoms with E-state index in [1.165, 1.54) is 4.90 Å². The van der Waals surface area contributed by atoms with Gasteiger partial charge in [-0.2, -0.15) is 0 Å². The second-order valence-corrected chi connectivity index (χ2v) is 4.03. The van der Waals surface area contributed by atoms with Gasteiger partial charge in [-0.1, -0.05) is 18.2 Å². The molecule has 0 radical (unpaired) electrons. The molecule has 14 heavy (non-hydrogen) atoms. The Morgan fingerprint density at radius 2 is 2.07 bits per heavy atom. The largest absolute Gasteiger partial charge is 0.390 e. The van der Waals surface area contributed by atoms with Crippen molar-refractivity contribution >= 4 is 11.8 Å². The van der Waals surface area contributed by atoms with Crippen LogP contribution < -0.4 is 0 Å². The van der Waals surface area contributed by atoms with Crippen molar-refractivity contribution in [3.05, 3.63) is 30.3 Å². The highest BCUT2D eigenvalue weighted by atomic mass is 32.2. The van der Waals surface area contributed by atoms with Gasteiger partial charge in [0.25, 0.3) is 0 Å². The molecule has 0 aliphatic heterocycles. The van der Waals surface area contributed by atoms with Crippen molar-refractivity contribution in [3.63, 3.8) is 0 Å². The third-order valence-corrected chi connectivity index (χ3v) is 2.86. The molecule has 0 bridgehead atoms. The van der Waals surface area contributed by atoms with Gasteiger partial charge in [0, 0.05) is 17.3 Å². The summed E-state index contributed by atoms with van der Waals surface area (Å²) in [5, 5.41) is 9.50. The van der Waals surface area contributed by atoms with Crippen molar-refractivity contribution in [2.75, 3.05) is 19.0 Å². The average molecular weight is 212 g/mol. The lowest BCUT2D eigenvalue weighted by Gasteiger charge is -2.09. The van der Waals surface area contributed by atoms with E-state index in [2.05, 4.69) is 0 Å². The summed E-state index contributed by atoms with van der Waals surface area (Å²) in [6.45, 7) is 3.01. The van der Waals surface area contributed by atoms with E-state index in [0.717, 1.165) is 0 Å². The predicted octanol–water partition coefficient (Wildman–Crippen LogP) is 2.18. The summed E-state index contributed by atoms with van der Waals surface area (Å²) >= 11 is 1.65. The first-order chi connectivity index (χ1) is 6.83. The van der Waals surface area contributed by atoms with Gasteiger partial charge >= 0.3 is 0 Å². The second kappa shape index (κ2) is 6.87. The summed E-state index contributed by atoms with van der Waals surface area (Å²) in [6, 6.07) is 10.1. The van der Waals surface area contributed by atoms with Gasteiger partial charge in [0.05, 0.1) is 12.7 Å². The molecule has 0 fully saturated rings. The fourth-order valence-electron chi connectivity index (χ4n) is 1.01. The Kier molecular flexibility index (Phi) is 5.68. The molecular formula is C11H16O2S. The molecular weight excluding hydrogens is 196 g/mol. The highest BCUT2D eigenvalue weighted by Crippen LogP contribution is 2.17. The third kappa shape index (κ3) is 4.65. The molecule has 1 aromatic rings. The molecule has 0 amide bonds. The summed E-state index contributed by atoms with van der Waals surface area (Å²) < 4.78 is 5.12. The predicted molar refractivity (Wildman–Crippen MR) is 59.7 cm³/mol. The topological polar surface area (TPSA) is 29.5 Å². The first kappa shape index (κ1) is 11.6. The summed E-state index contributed by atoms with van der Waals surface area (Å²) in [4.78, 5) is 1.18. The van der Waals surface area contributed by atoms with Crippen LogP contribution in [0.2, 0.25) is 0 Å². The van der Waals surface area contributed by atoms with E-state index in [-0.39, 0.29) is 6.10 Å². The van der Waals surface area contributed by atoms with Crippen molar-refractivity contribution in [3.8, 4) is 0 Å². The number of aliphatic hydroxyl groups excluding tert-OH is 1. The fourth-order valence-corrected chi connectivity index (χ4v) is 1.84. The lowest BCUT2D eigenvalue weighted by molar-refractivity contribution is 0.0551. The van der Waals surface area contributed by atoms with E-state index < -0.39 is 0 Å². The minimum Gasteiger partial charge on any atom is -0.390 e. The molecule has 1 unspecified atom stereocenters. The number of ether oxygens (including phenoxy) is 1. The van der Waals surface area contributed by atoms with Crippen LogP contribution >= 0.6 is 11.8 Å². The molecule has 3 heteroatoms. The number of thioether (sulfide) groups is 1. The quantitative estimate of drug-likeness (QED) is 0.733. The zero-order valence-corrected chi connectivity index (χ0v) is 9.17. The van der Waals surface area contributed by atoms with Crippen molar-refractivity contribution in [1.29, 1.82) is 0 Å². The summed E-state index contributed by atoms with van der Waals surface area (Å²) in [5.74, 6) is 0.685. The Morgan fingerprint density at radius 3 is 2.71 bits per heavy atom. The van der Waals surface area contributed by atoms with Crippen molar-refractivity contribution in [2.24, 2.45) is 0 Å². The lowest BCUT2D eigenvalue weighted by Crippen LogP contribution is -2.17. The zero-order valence-electron chi connectivity index (χ0n) is 8.35. The van der Waals surface area contributed by atoms with E-state index in [1.807, 2.05) is 37.3 Å². The monoisotopic (exact) mass is 212 g/mol. The minimum atomic E-state index is -0.375. The Hall–Kier alpha value is -0.510. The van der Waals surface area contributed by atoms with E-state index in [9.17, 15) is 5.11 Å². The van der Waals surface area contributed by atoms with E-state index in [4.69, 9.17) is 4.74 Å². The number of hydrogen-bond donors (Lipinski definition) is 1. The lowest BCUT2D eigenvalue weighted by atomic mass is 10.4. The summed E-state index contributed by atoms with van der Waals surface area (Å²) in [7, 11) is 0. The standard InChI is InChI=1S/C11H16O2S/c1-2-13-8-10(12)9-14-11-6-4-3-5-7-11/h3-7,10,12H,2,8-9H2,1H3. The fraction of sp³-hybridized carbons (Fsp3) is 0.455. The van der Waals surface area contributed by atoms with Crippen LogP contribution in [0.15, 0.2) is 35.2 Å². The number of hydrogen-bond acceptors (Lipinski definition) is 3. The molecule has 0 spiro atoms. The van der Waals surface area contributed by atoms with Gasteiger partial charge in [0.15, 0.2) is 0 Å². The van der Waals surface area contributed by atoms with Gasteiger partial charge < -0.3 is 9.84 Å². The van der Waals surface area contributed by atoms with Gasteiger partial charge in [-0.25, -0.2) is 0 Å². The Labute approximate surface area is 89.3 Å². The maximum absolute atomic E-state index is 9.50. The molecule has 2 nitrogen and oxygen atoms in total. The van der Waals surface area contributed by atoms with Crippen molar-refractivity contribution in [2.45, 2.75) is 17.9 Å². The second-order valence-electron chi connectivity index (χ2n) is 2.94. The van der Waals surface area contributed by atoms with Gasteiger partial charge in [0.2, 0.25) is 0 Å². The number of aliphatic hydroxyl groups is 1. The molecule has 1 rings (SSSR count). The first-order valence-corrected chi connectivity index (χ1v) is 5.75. The number of rotatable bonds is 6. The molecule has 78 valence electrons. The van der Waals surface area contributed by atoms with E-state index in [1.54, 1.807) is 11.8 Å². The Morgan fingerprint density at radius 1 is 1.36 bits per heavy atom. The van der Waals surface area contributed by atoms with Gasteiger partial charge in [-0.3, -0.25) is 0 Å². The molecule has 1 N–H and O–H groups in total. The van der Waals surface area contributed by atoms with Crippen LogP contribution in [0.25, 0.3) is 0 Å². The van der Waals surface area contributed by atoms with E-state index >= 15 is 0 Å². The van der Waals surface area contributed by atoms with Crippen LogP contribution in [0.5, 0.6) is 0 Å².